The largest absolute Gasteiger partial charge is 0.497 e. The number of carbonyl (C=O) groups excluding carboxylic acids is 1. The van der Waals surface area contributed by atoms with Crippen LogP contribution in [0.4, 0.5) is 0 Å². The van der Waals surface area contributed by atoms with Crippen LogP contribution in [0, 0.1) is 6.92 Å². The Hall–Kier alpha value is -3.36. The number of aromatic nitrogens is 3. The molecule has 148 valence electrons. The van der Waals surface area contributed by atoms with E-state index in [9.17, 15) is 9.59 Å². The molecule has 0 aliphatic carbocycles. The second-order valence-corrected chi connectivity index (χ2v) is 6.17. The van der Waals surface area contributed by atoms with Crippen molar-refractivity contribution in [1.82, 2.24) is 20.0 Å². The summed E-state index contributed by atoms with van der Waals surface area (Å²) in [4.78, 5) is 29.5. The van der Waals surface area contributed by atoms with Gasteiger partial charge in [-0.25, -0.2) is 0 Å². The molecule has 0 saturated carbocycles. The fourth-order valence-corrected chi connectivity index (χ4v) is 2.93. The molecule has 28 heavy (non-hydrogen) atoms. The third kappa shape index (κ3) is 3.68. The monoisotopic (exact) mass is 386 g/mol. The normalized spacial score (nSPS) is 10.9. The van der Waals surface area contributed by atoms with E-state index in [2.05, 4.69) is 15.5 Å². The van der Waals surface area contributed by atoms with E-state index < -0.39 is 0 Å². The highest BCUT2D eigenvalue weighted by atomic mass is 16.5. The summed E-state index contributed by atoms with van der Waals surface area (Å²) in [6.07, 6.45) is 0.537. The molecule has 3 aromatic rings. The van der Waals surface area contributed by atoms with Gasteiger partial charge in [0.15, 0.2) is 0 Å². The zero-order valence-electron chi connectivity index (χ0n) is 16.2. The van der Waals surface area contributed by atoms with Crippen molar-refractivity contribution in [1.29, 1.82) is 0 Å². The van der Waals surface area contributed by atoms with Gasteiger partial charge in [-0.3, -0.25) is 14.2 Å². The molecule has 9 nitrogen and oxygen atoms in total. The Morgan fingerprint density at radius 3 is 2.75 bits per heavy atom. The average molecular weight is 386 g/mol. The number of hydrogen-bond acceptors (Lipinski definition) is 7. The lowest BCUT2D eigenvalue weighted by Crippen LogP contribution is -2.33. The molecule has 1 amide bonds. The first kappa shape index (κ1) is 19.4. The molecule has 3 rings (SSSR count). The molecular formula is C19H22N4O5. The highest BCUT2D eigenvalue weighted by molar-refractivity contribution is 5.78. The average Bonchev–Trinajstić information content (AvgIpc) is 3.12. The first-order chi connectivity index (χ1) is 13.5. The molecule has 9 heteroatoms. The summed E-state index contributed by atoms with van der Waals surface area (Å²) in [6.45, 7) is 3.59. The zero-order valence-corrected chi connectivity index (χ0v) is 16.2. The van der Waals surface area contributed by atoms with Crippen molar-refractivity contribution >= 4 is 17.0 Å². The van der Waals surface area contributed by atoms with Crippen LogP contribution in [0.1, 0.15) is 24.0 Å². The van der Waals surface area contributed by atoms with Crippen LogP contribution >= 0.6 is 0 Å². The van der Waals surface area contributed by atoms with E-state index in [1.54, 1.807) is 39.3 Å². The molecule has 0 aliphatic heterocycles. The van der Waals surface area contributed by atoms with Crippen LogP contribution in [-0.2, 0) is 24.3 Å². The maximum atomic E-state index is 12.8. The Labute approximate surface area is 161 Å². The van der Waals surface area contributed by atoms with Crippen molar-refractivity contribution < 1.29 is 18.8 Å². The Morgan fingerprint density at radius 1 is 1.29 bits per heavy atom. The van der Waals surface area contributed by atoms with Gasteiger partial charge in [0.2, 0.25) is 5.91 Å². The Balaban J connectivity index is 1.80. The van der Waals surface area contributed by atoms with E-state index in [0.717, 1.165) is 5.56 Å². The molecule has 0 spiro atoms. The number of rotatable bonds is 7. The number of hydrogen-bond donors (Lipinski definition) is 1. The van der Waals surface area contributed by atoms with Crippen molar-refractivity contribution in [2.75, 3.05) is 14.2 Å². The predicted molar refractivity (Wildman–Crippen MR) is 102 cm³/mol. The summed E-state index contributed by atoms with van der Waals surface area (Å²) in [6, 6.07) is 5.33. The minimum Gasteiger partial charge on any atom is -0.497 e. The molecule has 0 unspecified atom stereocenters. The molecule has 0 atom stereocenters. The topological polar surface area (TPSA) is 108 Å². The standard InChI is InChI=1S/C19H22N4O5/c1-5-14-17-18(28-22-14)21-11(2)23(19(17)25)10-16(24)20-9-12-8-13(26-3)6-7-15(12)27-4/h6-8H,5,9-10H2,1-4H3,(H,20,24). The van der Waals surface area contributed by atoms with E-state index in [1.165, 1.54) is 4.57 Å². The van der Waals surface area contributed by atoms with Crippen LogP contribution < -0.4 is 20.3 Å². The minimum atomic E-state index is -0.338. The number of benzene rings is 1. The highest BCUT2D eigenvalue weighted by Gasteiger charge is 2.18. The molecule has 0 bridgehead atoms. The SMILES string of the molecule is CCc1noc2nc(C)n(CC(=O)NCc3cc(OC)ccc3OC)c(=O)c12. The van der Waals surface area contributed by atoms with E-state index in [1.807, 2.05) is 6.92 Å². The third-order valence-corrected chi connectivity index (χ3v) is 4.46. The molecule has 0 aliphatic rings. The first-order valence-corrected chi connectivity index (χ1v) is 8.81. The van der Waals surface area contributed by atoms with Crippen LogP contribution in [0.2, 0.25) is 0 Å². The van der Waals surface area contributed by atoms with Gasteiger partial charge < -0.3 is 19.3 Å². The number of aryl methyl sites for hydroxylation is 2. The fraction of sp³-hybridized carbons (Fsp3) is 0.368. The highest BCUT2D eigenvalue weighted by Crippen LogP contribution is 2.23. The molecule has 0 fully saturated rings. The number of methoxy groups -OCH3 is 2. The maximum Gasteiger partial charge on any atom is 0.267 e. The molecular weight excluding hydrogens is 364 g/mol. The molecule has 1 aromatic carbocycles. The third-order valence-electron chi connectivity index (χ3n) is 4.46. The second kappa shape index (κ2) is 8.12. The van der Waals surface area contributed by atoms with Gasteiger partial charge in [-0.1, -0.05) is 12.1 Å². The Bertz CT molecular complexity index is 1070. The van der Waals surface area contributed by atoms with Crippen LogP contribution in [0.25, 0.3) is 11.1 Å². The van der Waals surface area contributed by atoms with E-state index in [0.29, 0.717) is 34.8 Å². The van der Waals surface area contributed by atoms with Gasteiger partial charge in [-0.15, -0.1) is 0 Å². The molecule has 1 N–H and O–H groups in total. The van der Waals surface area contributed by atoms with Crippen molar-refractivity contribution in [3.63, 3.8) is 0 Å². The molecule has 2 aromatic heterocycles. The lowest BCUT2D eigenvalue weighted by Gasteiger charge is -2.13. The lowest BCUT2D eigenvalue weighted by atomic mass is 10.2. The Kier molecular flexibility index (Phi) is 5.62. The summed E-state index contributed by atoms with van der Waals surface area (Å²) < 4.78 is 16.9. The van der Waals surface area contributed by atoms with Gasteiger partial charge in [0, 0.05) is 12.1 Å². The lowest BCUT2D eigenvalue weighted by molar-refractivity contribution is -0.121. The van der Waals surface area contributed by atoms with Crippen molar-refractivity contribution in [3.8, 4) is 11.5 Å². The van der Waals surface area contributed by atoms with Gasteiger partial charge in [-0.05, 0) is 31.5 Å². The number of amides is 1. The first-order valence-electron chi connectivity index (χ1n) is 8.81. The van der Waals surface area contributed by atoms with Crippen molar-refractivity contribution in [3.05, 3.63) is 45.6 Å². The Morgan fingerprint density at radius 2 is 2.07 bits per heavy atom. The molecule has 2 heterocycles. The van der Waals surface area contributed by atoms with E-state index >= 15 is 0 Å². The van der Waals surface area contributed by atoms with Crippen LogP contribution in [0.3, 0.4) is 0 Å². The summed E-state index contributed by atoms with van der Waals surface area (Å²) >= 11 is 0. The van der Waals surface area contributed by atoms with Gasteiger partial charge in [0.05, 0.1) is 19.9 Å². The second-order valence-electron chi connectivity index (χ2n) is 6.17. The number of carbonyl (C=O) groups is 1. The number of ether oxygens (including phenoxy) is 2. The van der Waals surface area contributed by atoms with Gasteiger partial charge >= 0.3 is 0 Å². The molecule has 0 saturated heterocycles. The van der Waals surface area contributed by atoms with Crippen molar-refractivity contribution in [2.24, 2.45) is 0 Å². The van der Waals surface area contributed by atoms with Gasteiger partial charge in [0.25, 0.3) is 11.3 Å². The summed E-state index contributed by atoms with van der Waals surface area (Å²) in [7, 11) is 3.12. The van der Waals surface area contributed by atoms with Gasteiger partial charge in [-0.2, -0.15) is 4.98 Å². The number of nitrogens with one attached hydrogen (secondary N) is 1. The van der Waals surface area contributed by atoms with E-state index in [4.69, 9.17) is 14.0 Å². The van der Waals surface area contributed by atoms with Crippen LogP contribution in [0.15, 0.2) is 27.5 Å². The van der Waals surface area contributed by atoms with E-state index in [-0.39, 0.29) is 30.3 Å². The van der Waals surface area contributed by atoms with Crippen LogP contribution in [0.5, 0.6) is 11.5 Å². The quantitative estimate of drug-likeness (QED) is 0.657. The maximum absolute atomic E-state index is 12.8. The number of nitrogens with zero attached hydrogens (tertiary/aromatic N) is 3. The zero-order chi connectivity index (χ0) is 20.3. The number of fused-ring (bicyclic) bond motifs is 1. The fourth-order valence-electron chi connectivity index (χ4n) is 2.93. The molecule has 0 radical (unpaired) electrons. The smallest absolute Gasteiger partial charge is 0.267 e. The van der Waals surface area contributed by atoms with Gasteiger partial charge in [0.1, 0.15) is 29.3 Å². The minimum absolute atomic E-state index is 0.159. The van der Waals surface area contributed by atoms with Crippen LogP contribution in [-0.4, -0.2) is 34.8 Å². The predicted octanol–water partition coefficient (Wildman–Crippen LogP) is 1.59. The summed E-state index contributed by atoms with van der Waals surface area (Å²) in [5.74, 6) is 1.34. The summed E-state index contributed by atoms with van der Waals surface area (Å²) in [5, 5.41) is 6.98. The summed E-state index contributed by atoms with van der Waals surface area (Å²) in [5.41, 5.74) is 1.15. The van der Waals surface area contributed by atoms with Crippen molar-refractivity contribution in [2.45, 2.75) is 33.4 Å².